The summed E-state index contributed by atoms with van der Waals surface area (Å²) in [6.07, 6.45) is 1.63. The Balaban J connectivity index is 2.20. The second-order valence-electron chi connectivity index (χ2n) is 4.72. The van der Waals surface area contributed by atoms with E-state index in [1.807, 2.05) is 0 Å². The number of aromatic carboxylic acids is 1. The monoisotopic (exact) mass is 303 g/mol. The molecule has 1 aliphatic rings. The quantitative estimate of drug-likeness (QED) is 0.816. The molecule has 1 aromatic heterocycles. The van der Waals surface area contributed by atoms with Gasteiger partial charge in [-0.25, -0.2) is 13.2 Å². The number of carboxylic acid groups (broad SMARTS) is 1. The maximum atomic E-state index is 12.3. The van der Waals surface area contributed by atoms with Crippen LogP contribution in [0.25, 0.3) is 0 Å². The Labute approximate surface area is 117 Å². The van der Waals surface area contributed by atoms with Crippen molar-refractivity contribution in [3.8, 4) is 0 Å². The molecule has 0 spiro atoms. The third kappa shape index (κ3) is 2.84. The van der Waals surface area contributed by atoms with Crippen molar-refractivity contribution in [3.63, 3.8) is 0 Å². The number of carboxylic acids is 1. The molecule has 0 bridgehead atoms. The van der Waals surface area contributed by atoms with Gasteiger partial charge in [-0.2, -0.15) is 9.40 Å². The fourth-order valence-electron chi connectivity index (χ4n) is 2.10. The number of rotatable bonds is 5. The van der Waals surface area contributed by atoms with E-state index >= 15 is 0 Å². The molecule has 1 N–H and O–H groups in total. The summed E-state index contributed by atoms with van der Waals surface area (Å²) >= 11 is 0. The second-order valence-corrected chi connectivity index (χ2v) is 6.71. The normalized spacial score (nSPS) is 19.6. The summed E-state index contributed by atoms with van der Waals surface area (Å²) in [6, 6.07) is 1.06. The fraction of sp³-hybridized carbons (Fsp3) is 0.636. The van der Waals surface area contributed by atoms with Crippen molar-refractivity contribution >= 4 is 16.0 Å². The lowest BCUT2D eigenvalue weighted by Gasteiger charge is -2.19. The van der Waals surface area contributed by atoms with Gasteiger partial charge in [0, 0.05) is 33.3 Å². The van der Waals surface area contributed by atoms with Gasteiger partial charge in [-0.15, -0.1) is 0 Å². The number of ether oxygens (including phenoxy) is 1. The third-order valence-corrected chi connectivity index (χ3v) is 4.93. The highest BCUT2D eigenvalue weighted by atomic mass is 32.2. The molecular weight excluding hydrogens is 286 g/mol. The van der Waals surface area contributed by atoms with Gasteiger partial charge in [0.2, 0.25) is 0 Å². The number of likely N-dealkylation sites (N-methyl/N-ethyl adjacent to an activating group) is 1. The lowest BCUT2D eigenvalue weighted by Crippen LogP contribution is -2.34. The molecule has 112 valence electrons. The van der Waals surface area contributed by atoms with Gasteiger partial charge in [0.15, 0.2) is 5.03 Å². The maximum absolute atomic E-state index is 12.3. The van der Waals surface area contributed by atoms with Crippen molar-refractivity contribution < 1.29 is 23.1 Å². The molecule has 2 heterocycles. The predicted molar refractivity (Wildman–Crippen MR) is 69.0 cm³/mol. The Morgan fingerprint density at radius 1 is 1.65 bits per heavy atom. The molecule has 0 aromatic carbocycles. The van der Waals surface area contributed by atoms with Crippen molar-refractivity contribution in [1.29, 1.82) is 0 Å². The summed E-state index contributed by atoms with van der Waals surface area (Å²) in [7, 11) is -0.976. The Bertz CT molecular complexity index is 604. The number of nitrogens with zero attached hydrogens (tertiary/aromatic N) is 3. The number of aryl methyl sites for hydroxylation is 1. The third-order valence-electron chi connectivity index (χ3n) is 3.24. The lowest BCUT2D eigenvalue weighted by atomic mass is 10.2. The smallest absolute Gasteiger partial charge is 0.354 e. The second kappa shape index (κ2) is 5.51. The van der Waals surface area contributed by atoms with Crippen LogP contribution in [-0.2, 0) is 21.8 Å². The summed E-state index contributed by atoms with van der Waals surface area (Å²) in [5.41, 5.74) is -0.172. The minimum absolute atomic E-state index is 0.113. The zero-order valence-corrected chi connectivity index (χ0v) is 12.1. The summed E-state index contributed by atoms with van der Waals surface area (Å²) < 4.78 is 32.2. The molecule has 1 saturated heterocycles. The molecule has 0 amide bonds. The van der Waals surface area contributed by atoms with E-state index in [1.54, 1.807) is 0 Å². The van der Waals surface area contributed by atoms with E-state index in [9.17, 15) is 13.2 Å². The maximum Gasteiger partial charge on any atom is 0.354 e. The van der Waals surface area contributed by atoms with E-state index in [-0.39, 0.29) is 23.4 Å². The average molecular weight is 303 g/mol. The lowest BCUT2D eigenvalue weighted by molar-refractivity contribution is 0.0685. The first-order valence-corrected chi connectivity index (χ1v) is 7.61. The van der Waals surface area contributed by atoms with Crippen molar-refractivity contribution in [3.05, 3.63) is 11.8 Å². The zero-order valence-electron chi connectivity index (χ0n) is 11.3. The van der Waals surface area contributed by atoms with Crippen LogP contribution in [0.15, 0.2) is 11.1 Å². The van der Waals surface area contributed by atoms with Gasteiger partial charge < -0.3 is 9.84 Å². The van der Waals surface area contributed by atoms with Crippen LogP contribution in [0.4, 0.5) is 0 Å². The highest BCUT2D eigenvalue weighted by molar-refractivity contribution is 7.89. The van der Waals surface area contributed by atoms with Crippen LogP contribution in [0, 0.1) is 0 Å². The topological polar surface area (TPSA) is 102 Å². The number of aromatic nitrogens is 2. The summed E-state index contributed by atoms with van der Waals surface area (Å²) in [5, 5.41) is 12.4. The SMILES string of the molecule is CN(CC1CCCO1)S(=O)(=O)c1cc(C(=O)O)n(C)n1. The van der Waals surface area contributed by atoms with Crippen molar-refractivity contribution in [2.75, 3.05) is 20.2 Å². The van der Waals surface area contributed by atoms with E-state index in [0.717, 1.165) is 27.9 Å². The van der Waals surface area contributed by atoms with Gasteiger partial charge in [0.25, 0.3) is 10.0 Å². The molecule has 0 saturated carbocycles. The minimum Gasteiger partial charge on any atom is -0.477 e. The van der Waals surface area contributed by atoms with Crippen LogP contribution in [-0.4, -0.2) is 59.9 Å². The first-order valence-electron chi connectivity index (χ1n) is 6.17. The Morgan fingerprint density at radius 3 is 2.85 bits per heavy atom. The van der Waals surface area contributed by atoms with Crippen molar-refractivity contribution in [2.45, 2.75) is 24.0 Å². The molecule has 9 heteroatoms. The molecule has 1 unspecified atom stereocenters. The molecule has 1 atom stereocenters. The van der Waals surface area contributed by atoms with Gasteiger partial charge in [-0.05, 0) is 12.8 Å². The average Bonchev–Trinajstić information content (AvgIpc) is 2.98. The van der Waals surface area contributed by atoms with E-state index in [0.29, 0.717) is 6.61 Å². The van der Waals surface area contributed by atoms with Gasteiger partial charge >= 0.3 is 5.97 Å². The molecule has 8 nitrogen and oxygen atoms in total. The standard InChI is InChI=1S/C11H17N3O5S/c1-13(7-8-4-3-5-19-8)20(17,18)10-6-9(11(15)16)14(2)12-10/h6,8H,3-5,7H2,1-2H3,(H,15,16). The fourth-order valence-corrected chi connectivity index (χ4v) is 3.27. The highest BCUT2D eigenvalue weighted by Crippen LogP contribution is 2.18. The van der Waals surface area contributed by atoms with E-state index in [4.69, 9.17) is 9.84 Å². The Kier molecular flexibility index (Phi) is 4.11. The molecule has 1 aromatic rings. The number of hydrogen-bond donors (Lipinski definition) is 1. The first-order chi connectivity index (χ1) is 9.32. The molecule has 0 radical (unpaired) electrons. The summed E-state index contributed by atoms with van der Waals surface area (Å²) in [5.74, 6) is -1.22. The van der Waals surface area contributed by atoms with Crippen LogP contribution in [0.5, 0.6) is 0 Å². The molecular formula is C11H17N3O5S. The van der Waals surface area contributed by atoms with Crippen LogP contribution in [0.3, 0.4) is 0 Å². The Morgan fingerprint density at radius 2 is 2.35 bits per heavy atom. The van der Waals surface area contributed by atoms with Gasteiger partial charge in [0.1, 0.15) is 5.69 Å². The van der Waals surface area contributed by atoms with Gasteiger partial charge in [0.05, 0.1) is 6.10 Å². The number of hydrogen-bond acceptors (Lipinski definition) is 5. The van der Waals surface area contributed by atoms with Crippen LogP contribution >= 0.6 is 0 Å². The summed E-state index contributed by atoms with van der Waals surface area (Å²) in [4.78, 5) is 10.9. The van der Waals surface area contributed by atoms with Gasteiger partial charge in [-0.3, -0.25) is 4.68 Å². The molecule has 2 rings (SSSR count). The van der Waals surface area contributed by atoms with Crippen LogP contribution in [0.1, 0.15) is 23.3 Å². The summed E-state index contributed by atoms with van der Waals surface area (Å²) in [6.45, 7) is 0.882. The number of sulfonamides is 1. The molecule has 1 fully saturated rings. The predicted octanol–water partition coefficient (Wildman–Crippen LogP) is -0.0822. The van der Waals surface area contributed by atoms with E-state index < -0.39 is 16.0 Å². The molecule has 20 heavy (non-hydrogen) atoms. The zero-order chi connectivity index (χ0) is 14.9. The van der Waals surface area contributed by atoms with E-state index in [2.05, 4.69) is 5.10 Å². The van der Waals surface area contributed by atoms with Gasteiger partial charge in [-0.1, -0.05) is 0 Å². The number of carbonyl (C=O) groups is 1. The van der Waals surface area contributed by atoms with Crippen LogP contribution < -0.4 is 0 Å². The van der Waals surface area contributed by atoms with Crippen LogP contribution in [0.2, 0.25) is 0 Å². The van der Waals surface area contributed by atoms with Crippen molar-refractivity contribution in [2.24, 2.45) is 7.05 Å². The van der Waals surface area contributed by atoms with Crippen molar-refractivity contribution in [1.82, 2.24) is 14.1 Å². The molecule has 0 aliphatic carbocycles. The Hall–Kier alpha value is -1.45. The van der Waals surface area contributed by atoms with E-state index in [1.165, 1.54) is 14.1 Å². The minimum atomic E-state index is -3.80. The first kappa shape index (κ1) is 14.9. The highest BCUT2D eigenvalue weighted by Gasteiger charge is 2.29. The largest absolute Gasteiger partial charge is 0.477 e. The molecule has 1 aliphatic heterocycles.